The molecule has 0 saturated heterocycles. The highest BCUT2D eigenvalue weighted by Crippen LogP contribution is 2.33. The first-order valence-corrected chi connectivity index (χ1v) is 5.35. The summed E-state index contributed by atoms with van der Waals surface area (Å²) in [5.41, 5.74) is -0.0936. The molecule has 6 heteroatoms. The Kier molecular flexibility index (Phi) is 3.43. The molecule has 1 rings (SSSR count). The van der Waals surface area contributed by atoms with Crippen molar-refractivity contribution < 1.29 is 20.1 Å². The zero-order chi connectivity index (χ0) is 11.6. The summed E-state index contributed by atoms with van der Waals surface area (Å²) in [4.78, 5) is 15.2. The van der Waals surface area contributed by atoms with Crippen LogP contribution in [0, 0.1) is 6.92 Å². The molecule has 5 nitrogen and oxygen atoms in total. The van der Waals surface area contributed by atoms with Crippen LogP contribution in [0.25, 0.3) is 0 Å². The van der Waals surface area contributed by atoms with Gasteiger partial charge in [0.05, 0.1) is 16.1 Å². The fraction of sp³-hybridized carbons (Fsp3) is 0.556. The van der Waals surface area contributed by atoms with Crippen molar-refractivity contribution in [2.45, 2.75) is 32.0 Å². The maximum Gasteiger partial charge on any atom is 0.338 e. The van der Waals surface area contributed by atoms with E-state index in [4.69, 9.17) is 5.11 Å². The Labute approximate surface area is 91.0 Å². The maximum absolute atomic E-state index is 10.9. The van der Waals surface area contributed by atoms with Gasteiger partial charge in [-0.05, 0) is 13.3 Å². The number of aliphatic hydroxyl groups excluding tert-OH is 1. The largest absolute Gasteiger partial charge is 0.479 e. The molecule has 0 radical (unpaired) electrons. The number of aliphatic carboxylic acids is 1. The van der Waals surface area contributed by atoms with E-state index in [1.165, 1.54) is 12.4 Å². The van der Waals surface area contributed by atoms with E-state index < -0.39 is 17.7 Å². The van der Waals surface area contributed by atoms with Crippen molar-refractivity contribution in [3.63, 3.8) is 0 Å². The van der Waals surface area contributed by atoms with Gasteiger partial charge in [0.25, 0.3) is 0 Å². The molecule has 0 unspecified atom stereocenters. The van der Waals surface area contributed by atoms with Gasteiger partial charge >= 0.3 is 5.97 Å². The zero-order valence-corrected chi connectivity index (χ0v) is 9.28. The monoisotopic (exact) mass is 231 g/mol. The van der Waals surface area contributed by atoms with Gasteiger partial charge in [-0.1, -0.05) is 6.92 Å². The van der Waals surface area contributed by atoms with Crippen molar-refractivity contribution in [2.24, 2.45) is 0 Å². The molecule has 1 aromatic heterocycles. The molecule has 1 heterocycles. The molecule has 3 N–H and O–H groups in total. The van der Waals surface area contributed by atoms with E-state index in [1.807, 2.05) is 0 Å². The Morgan fingerprint density at radius 3 is 2.67 bits per heavy atom. The Bertz CT molecular complexity index is 365. The molecule has 0 amide bonds. The van der Waals surface area contributed by atoms with Crippen LogP contribution in [0.5, 0.6) is 0 Å². The fourth-order valence-electron chi connectivity index (χ4n) is 1.25. The number of carboxylic acids is 1. The van der Waals surface area contributed by atoms with Crippen LogP contribution in [0.2, 0.25) is 0 Å². The lowest BCUT2D eigenvalue weighted by molar-refractivity contribution is -0.172. The van der Waals surface area contributed by atoms with E-state index in [9.17, 15) is 15.0 Å². The lowest BCUT2D eigenvalue weighted by Crippen LogP contribution is -2.43. The van der Waals surface area contributed by atoms with Crippen LogP contribution < -0.4 is 0 Å². The third-order valence-corrected chi connectivity index (χ3v) is 3.38. The minimum absolute atomic E-state index is 0.0686. The van der Waals surface area contributed by atoms with Crippen molar-refractivity contribution in [1.82, 2.24) is 4.98 Å². The highest BCUT2D eigenvalue weighted by Gasteiger charge is 2.44. The summed E-state index contributed by atoms with van der Waals surface area (Å²) in [6.45, 7) is 3.17. The van der Waals surface area contributed by atoms with E-state index in [0.29, 0.717) is 10.6 Å². The predicted molar refractivity (Wildman–Crippen MR) is 54.7 cm³/mol. The lowest BCUT2D eigenvalue weighted by atomic mass is 9.92. The molecular formula is C9H13NO4S. The van der Waals surface area contributed by atoms with Crippen molar-refractivity contribution in [3.05, 3.63) is 16.1 Å². The average molecular weight is 231 g/mol. The first-order valence-electron chi connectivity index (χ1n) is 4.47. The van der Waals surface area contributed by atoms with Crippen LogP contribution in [0.4, 0.5) is 0 Å². The quantitative estimate of drug-likeness (QED) is 0.710. The minimum Gasteiger partial charge on any atom is -0.479 e. The van der Waals surface area contributed by atoms with Gasteiger partial charge in [0.2, 0.25) is 0 Å². The average Bonchev–Trinajstić information content (AvgIpc) is 2.61. The van der Waals surface area contributed by atoms with Gasteiger partial charge in [0.1, 0.15) is 6.10 Å². The number of carboxylic acid groups (broad SMARTS) is 1. The minimum atomic E-state index is -2.14. The molecule has 2 atom stereocenters. The van der Waals surface area contributed by atoms with Crippen LogP contribution >= 0.6 is 11.3 Å². The lowest BCUT2D eigenvalue weighted by Gasteiger charge is -2.26. The second-order valence-corrected chi connectivity index (χ2v) is 4.17. The zero-order valence-electron chi connectivity index (χ0n) is 8.47. The number of aliphatic hydroxyl groups is 2. The number of hydrogen-bond acceptors (Lipinski definition) is 5. The van der Waals surface area contributed by atoms with E-state index in [2.05, 4.69) is 4.98 Å². The molecular weight excluding hydrogens is 218 g/mol. The maximum atomic E-state index is 10.9. The second kappa shape index (κ2) is 4.26. The summed E-state index contributed by atoms with van der Waals surface area (Å²) in [6.07, 6.45) is -1.51. The van der Waals surface area contributed by atoms with E-state index >= 15 is 0 Å². The molecule has 1 aromatic rings. The summed E-state index contributed by atoms with van der Waals surface area (Å²) in [5.74, 6) is -1.43. The highest BCUT2D eigenvalue weighted by molar-refractivity contribution is 7.09. The predicted octanol–water partition coefficient (Wildman–Crippen LogP) is 0.711. The number of nitrogens with zero attached hydrogens (tertiary/aromatic N) is 1. The van der Waals surface area contributed by atoms with Crippen LogP contribution in [-0.2, 0) is 4.79 Å². The van der Waals surface area contributed by atoms with E-state index in [-0.39, 0.29) is 6.42 Å². The Morgan fingerprint density at radius 1 is 1.73 bits per heavy atom. The molecule has 84 valence electrons. The van der Waals surface area contributed by atoms with Gasteiger partial charge in [-0.25, -0.2) is 9.78 Å². The van der Waals surface area contributed by atoms with E-state index in [0.717, 1.165) is 11.3 Å². The van der Waals surface area contributed by atoms with Gasteiger partial charge in [-0.2, -0.15) is 0 Å². The number of carbonyl (C=O) groups is 1. The smallest absolute Gasteiger partial charge is 0.338 e. The second-order valence-electron chi connectivity index (χ2n) is 3.29. The molecule has 15 heavy (non-hydrogen) atoms. The molecule has 0 aliphatic rings. The summed E-state index contributed by atoms with van der Waals surface area (Å²) < 4.78 is 0. The first kappa shape index (κ1) is 12.1. The molecule has 0 saturated carbocycles. The number of thiazole rings is 1. The fourth-order valence-corrected chi connectivity index (χ4v) is 2.12. The highest BCUT2D eigenvalue weighted by atomic mass is 32.1. The normalized spacial score (nSPS) is 17.1. The molecule has 0 bridgehead atoms. The van der Waals surface area contributed by atoms with Crippen LogP contribution in [-0.4, -0.2) is 31.9 Å². The number of aryl methyl sites for hydroxylation is 1. The summed E-state index contributed by atoms with van der Waals surface area (Å²) in [7, 11) is 0. The number of aromatic nitrogens is 1. The third-order valence-electron chi connectivity index (χ3n) is 2.39. The molecule has 0 spiro atoms. The Hall–Kier alpha value is -0.980. The molecule has 0 aromatic carbocycles. The standard InChI is InChI=1S/C9H13NO4S/c1-3-9(14,8(12)13)7(11)6-5(2)10-4-15-6/h4,7,11,14H,3H2,1-2H3,(H,12,13)/t7-,9+/m1/s1. The van der Waals surface area contributed by atoms with Gasteiger partial charge in [-0.15, -0.1) is 11.3 Å². The molecule has 0 fully saturated rings. The van der Waals surface area contributed by atoms with Gasteiger partial charge < -0.3 is 15.3 Å². The molecule has 0 aliphatic carbocycles. The van der Waals surface area contributed by atoms with Crippen LogP contribution in [0.15, 0.2) is 5.51 Å². The topological polar surface area (TPSA) is 90.7 Å². The van der Waals surface area contributed by atoms with Crippen molar-refractivity contribution in [1.29, 1.82) is 0 Å². The van der Waals surface area contributed by atoms with Crippen molar-refractivity contribution in [2.75, 3.05) is 0 Å². The SMILES string of the molecule is CC[C@@](O)(C(=O)O)[C@H](O)c1scnc1C. The molecule has 0 aliphatic heterocycles. The Balaban J connectivity index is 3.07. The van der Waals surface area contributed by atoms with Crippen molar-refractivity contribution >= 4 is 17.3 Å². The van der Waals surface area contributed by atoms with Gasteiger partial charge in [0.15, 0.2) is 5.60 Å². The van der Waals surface area contributed by atoms with Crippen molar-refractivity contribution in [3.8, 4) is 0 Å². The van der Waals surface area contributed by atoms with E-state index in [1.54, 1.807) is 6.92 Å². The number of rotatable bonds is 4. The Morgan fingerprint density at radius 2 is 2.33 bits per heavy atom. The summed E-state index contributed by atoms with van der Waals surface area (Å²) >= 11 is 1.13. The van der Waals surface area contributed by atoms with Crippen LogP contribution in [0.3, 0.4) is 0 Å². The first-order chi connectivity index (χ1) is 6.93. The van der Waals surface area contributed by atoms with Gasteiger partial charge in [0, 0.05) is 0 Å². The summed E-state index contributed by atoms with van der Waals surface area (Å²) in [6, 6.07) is 0. The van der Waals surface area contributed by atoms with Gasteiger partial charge in [-0.3, -0.25) is 0 Å². The number of hydrogen-bond donors (Lipinski definition) is 3. The third kappa shape index (κ3) is 2.01. The van der Waals surface area contributed by atoms with Crippen LogP contribution in [0.1, 0.15) is 30.0 Å². The summed E-state index contributed by atoms with van der Waals surface area (Å²) in [5, 5.41) is 28.5.